The van der Waals surface area contributed by atoms with Gasteiger partial charge in [-0.05, 0) is 37.5 Å². The van der Waals surface area contributed by atoms with Gasteiger partial charge in [0.1, 0.15) is 0 Å². The Bertz CT molecular complexity index is 964. The lowest BCUT2D eigenvalue weighted by molar-refractivity contribution is 0.0318. The van der Waals surface area contributed by atoms with Crippen LogP contribution in [0.1, 0.15) is 68.6 Å². The van der Waals surface area contributed by atoms with Crippen molar-refractivity contribution in [1.29, 1.82) is 0 Å². The highest BCUT2D eigenvalue weighted by Crippen LogP contribution is 2.25. The van der Waals surface area contributed by atoms with Crippen LogP contribution in [0.5, 0.6) is 0 Å². The van der Waals surface area contributed by atoms with Gasteiger partial charge in [0.05, 0.1) is 16.7 Å². The van der Waals surface area contributed by atoms with Gasteiger partial charge in [0.2, 0.25) is 5.78 Å². The number of ketones is 1. The van der Waals surface area contributed by atoms with Crippen LogP contribution in [0.4, 0.5) is 0 Å². The predicted molar refractivity (Wildman–Crippen MR) is 107 cm³/mol. The van der Waals surface area contributed by atoms with Gasteiger partial charge < -0.3 is 4.74 Å². The molecule has 0 N–H and O–H groups in total. The fourth-order valence-corrected chi connectivity index (χ4v) is 3.13. The normalized spacial score (nSPS) is 14.1. The van der Waals surface area contributed by atoms with Gasteiger partial charge in [-0.3, -0.25) is 19.3 Å². The molecule has 1 atom stereocenters. The summed E-state index contributed by atoms with van der Waals surface area (Å²) in [7, 11) is 0. The molecular weight excluding hydrogens is 370 g/mol. The average Bonchev–Trinajstić information content (AvgIpc) is 2.95. The fourth-order valence-electron chi connectivity index (χ4n) is 3.13. The number of carbonyl (C=O) groups excluding carboxylic acids is 4. The zero-order valence-corrected chi connectivity index (χ0v) is 16.7. The summed E-state index contributed by atoms with van der Waals surface area (Å²) >= 11 is 0. The summed E-state index contributed by atoms with van der Waals surface area (Å²) in [6.07, 6.45) is -0.266. The summed E-state index contributed by atoms with van der Waals surface area (Å²) in [5, 5.41) is 0. The second kappa shape index (κ2) is 8.39. The molecule has 0 aromatic heterocycles. The van der Waals surface area contributed by atoms with Gasteiger partial charge in [0.15, 0.2) is 6.10 Å². The quantitative estimate of drug-likeness (QED) is 0.406. The minimum atomic E-state index is -0.974. The summed E-state index contributed by atoms with van der Waals surface area (Å²) < 4.78 is 5.28. The fraction of sp³-hybridized carbons (Fsp3) is 0.304. The third-order valence-electron chi connectivity index (χ3n) is 4.85. The second-order valence-electron chi connectivity index (χ2n) is 7.48. The summed E-state index contributed by atoms with van der Waals surface area (Å²) in [4.78, 5) is 51.2. The molecule has 2 aromatic carbocycles. The van der Waals surface area contributed by atoms with Gasteiger partial charge in [-0.15, -0.1) is 0 Å². The van der Waals surface area contributed by atoms with Crippen molar-refractivity contribution in [1.82, 2.24) is 4.90 Å². The molecule has 2 amide bonds. The molecule has 6 heteroatoms. The molecule has 150 valence electrons. The van der Waals surface area contributed by atoms with Crippen LogP contribution in [0.25, 0.3) is 0 Å². The molecule has 0 saturated carbocycles. The van der Waals surface area contributed by atoms with Gasteiger partial charge in [0.25, 0.3) is 11.8 Å². The highest BCUT2D eigenvalue weighted by Gasteiger charge is 2.36. The first kappa shape index (κ1) is 20.5. The Balaban J connectivity index is 1.73. The minimum absolute atomic E-state index is 0.128. The number of ether oxygens (including phenoxy) is 1. The first-order valence-electron chi connectivity index (χ1n) is 9.60. The van der Waals surface area contributed by atoms with Crippen molar-refractivity contribution in [3.63, 3.8) is 0 Å². The summed E-state index contributed by atoms with van der Waals surface area (Å²) in [6.45, 7) is 5.88. The Hall–Kier alpha value is -3.28. The van der Waals surface area contributed by atoms with E-state index in [1.54, 1.807) is 30.3 Å². The predicted octanol–water partition coefficient (Wildman–Crippen LogP) is 3.76. The molecule has 0 aliphatic carbocycles. The monoisotopic (exact) mass is 393 g/mol. The van der Waals surface area contributed by atoms with Gasteiger partial charge in [-0.1, -0.05) is 44.2 Å². The number of Topliss-reactive ketones (excluding diaryl/α,β-unsaturated/α-hetero) is 1. The first-order chi connectivity index (χ1) is 13.8. The molecule has 29 heavy (non-hydrogen) atoms. The molecule has 0 radical (unpaired) electrons. The Labute approximate surface area is 169 Å². The van der Waals surface area contributed by atoms with Crippen LogP contribution < -0.4 is 0 Å². The van der Waals surface area contributed by atoms with Crippen LogP contribution in [-0.4, -0.2) is 41.1 Å². The number of fused-ring (bicyclic) bond motifs is 1. The number of esters is 1. The van der Waals surface area contributed by atoms with E-state index in [2.05, 4.69) is 0 Å². The van der Waals surface area contributed by atoms with Crippen molar-refractivity contribution < 1.29 is 23.9 Å². The number of hydrogen-bond donors (Lipinski definition) is 0. The van der Waals surface area contributed by atoms with E-state index >= 15 is 0 Å². The average molecular weight is 393 g/mol. The summed E-state index contributed by atoms with van der Waals surface area (Å²) in [5.74, 6) is -1.43. The van der Waals surface area contributed by atoms with Crippen LogP contribution in [0, 0.1) is 5.92 Å². The van der Waals surface area contributed by atoms with Gasteiger partial charge in [-0.2, -0.15) is 0 Å². The first-order valence-corrected chi connectivity index (χ1v) is 9.60. The summed E-state index contributed by atoms with van der Waals surface area (Å²) in [6, 6.07) is 12.8. The molecule has 1 heterocycles. The maximum Gasteiger partial charge on any atom is 0.338 e. The van der Waals surface area contributed by atoms with E-state index in [9.17, 15) is 19.2 Å². The van der Waals surface area contributed by atoms with E-state index in [-0.39, 0.29) is 28.4 Å². The Kier molecular flexibility index (Phi) is 5.92. The molecule has 6 nitrogen and oxygen atoms in total. The van der Waals surface area contributed by atoms with Crippen molar-refractivity contribution in [3.8, 4) is 0 Å². The Morgan fingerprint density at radius 1 is 0.897 bits per heavy atom. The van der Waals surface area contributed by atoms with Crippen molar-refractivity contribution in [2.45, 2.75) is 33.3 Å². The lowest BCUT2D eigenvalue weighted by Crippen LogP contribution is -2.31. The van der Waals surface area contributed by atoms with E-state index in [0.717, 1.165) is 0 Å². The van der Waals surface area contributed by atoms with E-state index in [0.29, 0.717) is 24.4 Å². The number of carbonyl (C=O) groups is 4. The van der Waals surface area contributed by atoms with Crippen LogP contribution >= 0.6 is 0 Å². The van der Waals surface area contributed by atoms with Crippen molar-refractivity contribution in [2.24, 2.45) is 5.92 Å². The highest BCUT2D eigenvalue weighted by molar-refractivity contribution is 6.22. The van der Waals surface area contributed by atoms with Gasteiger partial charge in [0, 0.05) is 12.1 Å². The van der Waals surface area contributed by atoms with Crippen molar-refractivity contribution >= 4 is 23.6 Å². The Morgan fingerprint density at radius 3 is 2.21 bits per heavy atom. The number of imide groups is 1. The molecule has 1 aliphatic heterocycles. The third-order valence-corrected chi connectivity index (χ3v) is 4.85. The number of nitrogens with zero attached hydrogens (tertiary/aromatic N) is 1. The summed E-state index contributed by atoms with van der Waals surface area (Å²) in [5.41, 5.74) is 1.05. The standard InChI is InChI=1S/C23H23NO5/c1-14(2)11-12-24-21(26)18-10-9-17(13-19(18)22(24)27)23(28)29-15(3)20(25)16-7-5-4-6-8-16/h4-10,13-15H,11-12H2,1-3H3. The van der Waals surface area contributed by atoms with Gasteiger partial charge in [-0.25, -0.2) is 4.79 Å². The Morgan fingerprint density at radius 2 is 1.55 bits per heavy atom. The molecule has 0 spiro atoms. The lowest BCUT2D eigenvalue weighted by Gasteiger charge is -2.14. The second-order valence-corrected chi connectivity index (χ2v) is 7.48. The van der Waals surface area contributed by atoms with E-state index < -0.39 is 18.0 Å². The highest BCUT2D eigenvalue weighted by atomic mass is 16.5. The SMILES string of the molecule is CC(C)CCN1C(=O)c2ccc(C(=O)OC(C)C(=O)c3ccccc3)cc2C1=O. The molecule has 0 fully saturated rings. The molecule has 1 aliphatic rings. The number of hydrogen-bond acceptors (Lipinski definition) is 5. The van der Waals surface area contributed by atoms with Gasteiger partial charge >= 0.3 is 5.97 Å². The van der Waals surface area contributed by atoms with Crippen LogP contribution in [0.2, 0.25) is 0 Å². The zero-order valence-electron chi connectivity index (χ0n) is 16.7. The third kappa shape index (κ3) is 4.26. The lowest BCUT2D eigenvalue weighted by atomic mass is 10.1. The maximum atomic E-state index is 12.6. The number of amides is 2. The maximum absolute atomic E-state index is 12.6. The molecule has 3 rings (SSSR count). The van der Waals surface area contributed by atoms with Crippen LogP contribution in [-0.2, 0) is 4.74 Å². The zero-order chi connectivity index (χ0) is 21.1. The van der Waals surface area contributed by atoms with Crippen molar-refractivity contribution in [3.05, 3.63) is 70.8 Å². The topological polar surface area (TPSA) is 80.8 Å². The molecule has 2 aromatic rings. The van der Waals surface area contributed by atoms with Crippen molar-refractivity contribution in [2.75, 3.05) is 6.54 Å². The number of benzene rings is 2. The molecule has 1 unspecified atom stereocenters. The number of rotatable bonds is 7. The van der Waals surface area contributed by atoms with Crippen LogP contribution in [0.3, 0.4) is 0 Å². The van der Waals surface area contributed by atoms with E-state index in [1.807, 2.05) is 13.8 Å². The van der Waals surface area contributed by atoms with Crippen LogP contribution in [0.15, 0.2) is 48.5 Å². The smallest absolute Gasteiger partial charge is 0.338 e. The molecule has 0 bridgehead atoms. The molecule has 0 saturated heterocycles. The largest absolute Gasteiger partial charge is 0.451 e. The minimum Gasteiger partial charge on any atom is -0.451 e. The van der Waals surface area contributed by atoms with E-state index in [4.69, 9.17) is 4.74 Å². The van der Waals surface area contributed by atoms with E-state index in [1.165, 1.54) is 30.0 Å². The molecular formula is C23H23NO5.